The minimum absolute atomic E-state index is 0.482. The van der Waals surface area contributed by atoms with Crippen molar-refractivity contribution < 1.29 is 9.36 Å². The van der Waals surface area contributed by atoms with Crippen LogP contribution in [0.25, 0.3) is 0 Å². The topological polar surface area (TPSA) is 34.1 Å². The zero-order chi connectivity index (χ0) is 10.6. The molecule has 1 unspecified atom stereocenters. The molecule has 74 valence electrons. The summed E-state index contributed by atoms with van der Waals surface area (Å²) < 4.78 is 11.8. The summed E-state index contributed by atoms with van der Waals surface area (Å²) in [5.41, 5.74) is 0. The molecule has 0 N–H and O–H groups in total. The molecule has 0 saturated carbocycles. The van der Waals surface area contributed by atoms with E-state index < -0.39 is 11.7 Å². The molecule has 5 heteroatoms. The van der Waals surface area contributed by atoms with Crippen molar-refractivity contribution in [1.82, 2.24) is 0 Å². The Balaban J connectivity index is 2.98. The highest BCUT2D eigenvalue weighted by Gasteiger charge is 2.16. The minimum atomic E-state index is -3.11. The Kier molecular flexibility index (Phi) is 3.94. The summed E-state index contributed by atoms with van der Waals surface area (Å²) >= 11 is 10.8. The van der Waals surface area contributed by atoms with Gasteiger partial charge >= 0.3 is 0 Å². The molecule has 0 radical (unpaired) electrons. The smallest absolute Gasteiger partial charge is 0.245 e. The molecule has 0 aliphatic rings. The van der Waals surface area contributed by atoms with E-state index in [4.69, 9.17) is 22.8 Å². The Bertz CT molecular complexity index is 401. The van der Waals surface area contributed by atoms with Crippen LogP contribution in [0.15, 0.2) is 42.2 Å². The Morgan fingerprint density at radius 2 is 1.86 bits per heavy atom. The van der Waals surface area contributed by atoms with Crippen LogP contribution in [0.2, 0.25) is 0 Å². The van der Waals surface area contributed by atoms with Gasteiger partial charge in [-0.05, 0) is 28.7 Å². The van der Waals surface area contributed by atoms with Crippen molar-refractivity contribution in [1.29, 1.82) is 0 Å². The maximum absolute atomic E-state index is 11.8. The van der Waals surface area contributed by atoms with Crippen molar-refractivity contribution in [2.45, 2.75) is 0 Å². The van der Waals surface area contributed by atoms with Gasteiger partial charge in [0.15, 0.2) is 0 Å². The molecule has 0 aromatic heterocycles. The molecular weight excluding hydrogens is 242 g/mol. The summed E-state index contributed by atoms with van der Waals surface area (Å²) in [4.78, 5) is 10.4. The lowest BCUT2D eigenvalue weighted by Gasteiger charge is -2.03. The van der Waals surface area contributed by atoms with Gasteiger partial charge in [0.2, 0.25) is 11.7 Å². The number of carbonyl (C=O) groups excluding carboxylic acids is 1. The fourth-order valence-corrected chi connectivity index (χ4v) is 2.61. The number of hydrogen-bond acceptors (Lipinski definition) is 2. The molecule has 2 nitrogen and oxygen atoms in total. The van der Waals surface area contributed by atoms with Crippen molar-refractivity contribution in [3.8, 4) is 0 Å². The molecule has 0 amide bonds. The standard InChI is InChI=1S/C9H7Cl2O2P/c10-9(12)6-7-14(11,13)8-4-2-1-3-5-8/h1-7H/b7-6+. The molecular formula is C9H7Cl2O2P. The van der Waals surface area contributed by atoms with E-state index in [1.807, 2.05) is 0 Å². The average molecular weight is 249 g/mol. The van der Waals surface area contributed by atoms with E-state index in [1.165, 1.54) is 0 Å². The zero-order valence-electron chi connectivity index (χ0n) is 7.06. The van der Waals surface area contributed by atoms with Crippen molar-refractivity contribution >= 4 is 39.9 Å². The third-order valence-corrected chi connectivity index (χ3v) is 4.09. The van der Waals surface area contributed by atoms with Crippen LogP contribution in [0, 0.1) is 0 Å². The number of hydrogen-bond donors (Lipinski definition) is 0. The van der Waals surface area contributed by atoms with Crippen LogP contribution < -0.4 is 5.30 Å². The maximum Gasteiger partial charge on any atom is 0.245 e. The predicted octanol–water partition coefficient (Wildman–Crippen LogP) is 3.11. The van der Waals surface area contributed by atoms with Crippen molar-refractivity contribution in [3.05, 3.63) is 42.2 Å². The Hall–Kier alpha value is -0.560. The molecule has 0 bridgehead atoms. The number of rotatable bonds is 3. The summed E-state index contributed by atoms with van der Waals surface area (Å²) in [5.74, 6) is 1.14. The van der Waals surface area contributed by atoms with Crippen molar-refractivity contribution in [2.24, 2.45) is 0 Å². The lowest BCUT2D eigenvalue weighted by atomic mass is 10.4. The summed E-state index contributed by atoms with van der Waals surface area (Å²) in [5, 5.41) is -0.211. The average Bonchev–Trinajstić information content (AvgIpc) is 2.16. The Labute approximate surface area is 91.7 Å². The monoisotopic (exact) mass is 248 g/mol. The number of allylic oxidation sites excluding steroid dienone is 1. The molecule has 14 heavy (non-hydrogen) atoms. The lowest BCUT2D eigenvalue weighted by molar-refractivity contribution is -0.107. The molecule has 1 aromatic rings. The van der Waals surface area contributed by atoms with E-state index >= 15 is 0 Å². The van der Waals surface area contributed by atoms with Crippen molar-refractivity contribution in [2.75, 3.05) is 0 Å². The molecule has 0 aliphatic carbocycles. The molecule has 1 rings (SSSR count). The van der Waals surface area contributed by atoms with Gasteiger partial charge in [-0.25, -0.2) is 0 Å². The predicted molar refractivity (Wildman–Crippen MR) is 59.5 cm³/mol. The van der Waals surface area contributed by atoms with Gasteiger partial charge in [0, 0.05) is 11.4 Å². The quantitative estimate of drug-likeness (QED) is 0.468. The van der Waals surface area contributed by atoms with Gasteiger partial charge < -0.3 is 0 Å². The first-order valence-corrected chi connectivity index (χ1v) is 6.82. The second-order valence-corrected chi connectivity index (χ2v) is 6.38. The van der Waals surface area contributed by atoms with E-state index in [1.54, 1.807) is 30.3 Å². The molecule has 1 aromatic carbocycles. The molecule has 0 saturated heterocycles. The van der Waals surface area contributed by atoms with Gasteiger partial charge in [-0.2, -0.15) is 0 Å². The van der Waals surface area contributed by atoms with Crippen molar-refractivity contribution in [3.63, 3.8) is 0 Å². The molecule has 0 spiro atoms. The molecule has 1 atom stereocenters. The Morgan fingerprint density at radius 3 is 2.36 bits per heavy atom. The first kappa shape index (κ1) is 11.5. The van der Waals surface area contributed by atoms with Crippen LogP contribution in [0.1, 0.15) is 0 Å². The number of benzene rings is 1. The van der Waals surface area contributed by atoms with Gasteiger partial charge in [-0.3, -0.25) is 9.36 Å². The highest BCUT2D eigenvalue weighted by molar-refractivity contribution is 7.97. The van der Waals surface area contributed by atoms with Gasteiger partial charge in [-0.1, -0.05) is 30.3 Å². The van der Waals surface area contributed by atoms with E-state index in [0.29, 0.717) is 5.30 Å². The van der Waals surface area contributed by atoms with Crippen LogP contribution in [0.3, 0.4) is 0 Å². The van der Waals surface area contributed by atoms with Crippen LogP contribution in [-0.4, -0.2) is 5.24 Å². The fourth-order valence-electron chi connectivity index (χ4n) is 0.872. The zero-order valence-corrected chi connectivity index (χ0v) is 9.47. The molecule has 0 aliphatic heterocycles. The van der Waals surface area contributed by atoms with Gasteiger partial charge in [0.25, 0.3) is 0 Å². The van der Waals surface area contributed by atoms with Crippen LogP contribution in [-0.2, 0) is 9.36 Å². The highest BCUT2D eigenvalue weighted by Crippen LogP contribution is 2.51. The van der Waals surface area contributed by atoms with E-state index in [0.717, 1.165) is 11.9 Å². The third kappa shape index (κ3) is 3.30. The highest BCUT2D eigenvalue weighted by atomic mass is 35.7. The first-order chi connectivity index (χ1) is 6.52. The maximum atomic E-state index is 11.8. The lowest BCUT2D eigenvalue weighted by Crippen LogP contribution is -1.97. The molecule has 0 heterocycles. The number of halogens is 2. The fraction of sp³-hybridized carbons (Fsp3) is 0. The van der Waals surface area contributed by atoms with E-state index in [2.05, 4.69) is 0 Å². The van der Waals surface area contributed by atoms with Gasteiger partial charge in [0.05, 0.1) is 0 Å². The summed E-state index contributed by atoms with van der Waals surface area (Å²) in [7, 11) is 0. The normalized spacial score (nSPS) is 15.3. The summed E-state index contributed by atoms with van der Waals surface area (Å²) in [6.45, 7) is -3.11. The van der Waals surface area contributed by atoms with Crippen LogP contribution >= 0.6 is 29.3 Å². The third-order valence-electron chi connectivity index (χ3n) is 1.51. The van der Waals surface area contributed by atoms with Crippen LogP contribution in [0.4, 0.5) is 0 Å². The van der Waals surface area contributed by atoms with E-state index in [9.17, 15) is 9.36 Å². The summed E-state index contributed by atoms with van der Waals surface area (Å²) in [6.07, 6.45) is 1.00. The van der Waals surface area contributed by atoms with E-state index in [-0.39, 0.29) is 0 Å². The second kappa shape index (κ2) is 4.79. The van der Waals surface area contributed by atoms with Crippen LogP contribution in [0.5, 0.6) is 0 Å². The second-order valence-electron chi connectivity index (χ2n) is 2.53. The molecule has 0 fully saturated rings. The van der Waals surface area contributed by atoms with Gasteiger partial charge in [0.1, 0.15) is 0 Å². The van der Waals surface area contributed by atoms with Gasteiger partial charge in [-0.15, -0.1) is 0 Å². The minimum Gasteiger partial charge on any atom is -0.297 e. The number of carbonyl (C=O) groups is 1. The largest absolute Gasteiger partial charge is 0.297 e. The first-order valence-electron chi connectivity index (χ1n) is 3.76. The summed E-state index contributed by atoms with van der Waals surface area (Å²) in [6, 6.07) is 8.51. The Morgan fingerprint density at radius 1 is 1.29 bits per heavy atom. The SMILES string of the molecule is O=C(Cl)/C=C/P(=O)(Cl)c1ccccc1.